The third-order valence-electron chi connectivity index (χ3n) is 5.33. The molecular formula is C21H26N4O5S2. The van der Waals surface area contributed by atoms with Crippen LogP contribution < -0.4 is 0 Å². The molecule has 2 aromatic heterocycles. The van der Waals surface area contributed by atoms with E-state index < -0.39 is 10.0 Å². The molecule has 0 bridgehead atoms. The Hall–Kier alpha value is -2.34. The van der Waals surface area contributed by atoms with Gasteiger partial charge in [-0.3, -0.25) is 4.79 Å². The number of morpholine rings is 1. The molecule has 1 aliphatic heterocycles. The summed E-state index contributed by atoms with van der Waals surface area (Å²) < 4.78 is 40.0. The van der Waals surface area contributed by atoms with Crippen molar-refractivity contribution in [2.45, 2.75) is 30.1 Å². The van der Waals surface area contributed by atoms with Crippen LogP contribution in [-0.2, 0) is 32.6 Å². The molecule has 0 aliphatic carbocycles. The van der Waals surface area contributed by atoms with E-state index in [0.717, 1.165) is 11.3 Å². The van der Waals surface area contributed by atoms with Gasteiger partial charge in [0.25, 0.3) is 0 Å². The van der Waals surface area contributed by atoms with Gasteiger partial charge in [0.1, 0.15) is 5.76 Å². The maximum absolute atomic E-state index is 13.0. The van der Waals surface area contributed by atoms with Crippen LogP contribution >= 0.6 is 11.8 Å². The van der Waals surface area contributed by atoms with Gasteiger partial charge in [-0.25, -0.2) is 13.4 Å². The lowest BCUT2D eigenvalue weighted by atomic mass is 10.3. The van der Waals surface area contributed by atoms with E-state index in [1.807, 2.05) is 17.6 Å². The number of carbonyl (C=O) groups excluding carboxylic acids is 1. The van der Waals surface area contributed by atoms with Gasteiger partial charge < -0.3 is 18.6 Å². The summed E-state index contributed by atoms with van der Waals surface area (Å²) in [6, 6.07) is 8.64. The zero-order valence-corrected chi connectivity index (χ0v) is 19.7. The van der Waals surface area contributed by atoms with Crippen LogP contribution in [0, 0.1) is 0 Å². The number of furan rings is 1. The van der Waals surface area contributed by atoms with Crippen molar-refractivity contribution in [3.8, 4) is 0 Å². The lowest BCUT2D eigenvalue weighted by Crippen LogP contribution is -2.40. The van der Waals surface area contributed by atoms with Crippen LogP contribution in [0.5, 0.6) is 0 Å². The number of ether oxygens (including phenoxy) is 1. The number of hydrogen-bond donors (Lipinski definition) is 0. The first kappa shape index (κ1) is 22.8. The number of imidazole rings is 1. The Morgan fingerprint density at radius 2 is 2.03 bits per heavy atom. The number of rotatable bonds is 8. The fraction of sp³-hybridized carbons (Fsp3) is 0.429. The third kappa shape index (κ3) is 4.70. The van der Waals surface area contributed by atoms with E-state index >= 15 is 0 Å². The number of thioether (sulfide) groups is 1. The minimum absolute atomic E-state index is 0.0447. The summed E-state index contributed by atoms with van der Waals surface area (Å²) in [6.45, 7) is 4.54. The molecule has 1 saturated heterocycles. The maximum atomic E-state index is 13.0. The second kappa shape index (κ2) is 9.65. The minimum atomic E-state index is -3.60. The lowest BCUT2D eigenvalue weighted by Gasteiger charge is -2.26. The van der Waals surface area contributed by atoms with Crippen molar-refractivity contribution in [2.75, 3.05) is 39.1 Å². The van der Waals surface area contributed by atoms with Crippen LogP contribution in [0.15, 0.2) is 51.1 Å². The first-order valence-electron chi connectivity index (χ1n) is 10.4. The van der Waals surface area contributed by atoms with E-state index in [0.29, 0.717) is 50.1 Å². The second-order valence-corrected chi connectivity index (χ2v) is 10.3. The maximum Gasteiger partial charge on any atom is 0.243 e. The zero-order chi connectivity index (χ0) is 22.7. The van der Waals surface area contributed by atoms with Crippen LogP contribution in [0.1, 0.15) is 12.7 Å². The molecule has 3 aromatic rings. The van der Waals surface area contributed by atoms with Crippen molar-refractivity contribution in [3.05, 3.63) is 42.4 Å². The summed E-state index contributed by atoms with van der Waals surface area (Å²) in [4.78, 5) is 19.0. The molecule has 1 amide bonds. The molecule has 0 atom stereocenters. The molecule has 0 unspecified atom stereocenters. The van der Waals surface area contributed by atoms with E-state index in [2.05, 4.69) is 4.98 Å². The zero-order valence-electron chi connectivity index (χ0n) is 18.1. The quantitative estimate of drug-likeness (QED) is 0.459. The number of benzene rings is 1. The van der Waals surface area contributed by atoms with Crippen molar-refractivity contribution < 1.29 is 22.4 Å². The van der Waals surface area contributed by atoms with E-state index in [-0.39, 0.29) is 16.6 Å². The molecule has 172 valence electrons. The van der Waals surface area contributed by atoms with Crippen LogP contribution in [0.4, 0.5) is 0 Å². The number of aryl methyl sites for hydroxylation is 1. The Labute approximate surface area is 191 Å². The molecule has 0 spiro atoms. The number of amides is 1. The average Bonchev–Trinajstić information content (AvgIpc) is 3.44. The average molecular weight is 479 g/mol. The second-order valence-electron chi connectivity index (χ2n) is 7.42. The number of fused-ring (bicyclic) bond motifs is 1. The Balaban J connectivity index is 1.51. The highest BCUT2D eigenvalue weighted by atomic mass is 32.2. The number of aromatic nitrogens is 2. The highest BCUT2D eigenvalue weighted by Crippen LogP contribution is 2.27. The summed E-state index contributed by atoms with van der Waals surface area (Å²) in [7, 11) is -1.86. The van der Waals surface area contributed by atoms with Gasteiger partial charge in [-0.1, -0.05) is 11.8 Å². The van der Waals surface area contributed by atoms with Crippen molar-refractivity contribution in [2.24, 2.45) is 0 Å². The highest BCUT2D eigenvalue weighted by molar-refractivity contribution is 7.99. The first-order chi connectivity index (χ1) is 15.4. The summed E-state index contributed by atoms with van der Waals surface area (Å²) in [6.07, 6.45) is 1.58. The van der Waals surface area contributed by atoms with Gasteiger partial charge in [0.15, 0.2) is 5.16 Å². The normalized spacial score (nSPS) is 15.3. The fourth-order valence-electron chi connectivity index (χ4n) is 3.56. The molecule has 0 N–H and O–H groups in total. The number of sulfonamides is 1. The van der Waals surface area contributed by atoms with Gasteiger partial charge in [0, 0.05) is 26.7 Å². The van der Waals surface area contributed by atoms with Gasteiger partial charge >= 0.3 is 0 Å². The smallest absolute Gasteiger partial charge is 0.243 e. The van der Waals surface area contributed by atoms with Gasteiger partial charge in [0.2, 0.25) is 15.9 Å². The minimum Gasteiger partial charge on any atom is -0.467 e. The Morgan fingerprint density at radius 3 is 2.72 bits per heavy atom. The first-order valence-corrected chi connectivity index (χ1v) is 12.8. The lowest BCUT2D eigenvalue weighted by molar-refractivity contribution is -0.127. The molecule has 1 fully saturated rings. The van der Waals surface area contributed by atoms with Gasteiger partial charge in [-0.05, 0) is 37.3 Å². The van der Waals surface area contributed by atoms with Crippen molar-refractivity contribution in [1.29, 1.82) is 0 Å². The number of nitrogens with zero attached hydrogens (tertiary/aromatic N) is 4. The molecular weight excluding hydrogens is 452 g/mol. The van der Waals surface area contributed by atoms with Crippen LogP contribution in [0.25, 0.3) is 11.0 Å². The van der Waals surface area contributed by atoms with Crippen LogP contribution in [0.3, 0.4) is 0 Å². The largest absolute Gasteiger partial charge is 0.467 e. The van der Waals surface area contributed by atoms with Crippen molar-refractivity contribution >= 4 is 38.7 Å². The SMILES string of the molecule is CCn1c(SCC(=O)N(C)Cc2ccco2)nc2cc(S(=O)(=O)N3CCOCC3)ccc21. The monoisotopic (exact) mass is 478 g/mol. The Bertz CT molecular complexity index is 1180. The van der Waals surface area contributed by atoms with E-state index in [1.165, 1.54) is 16.1 Å². The predicted octanol–water partition coefficient (Wildman–Crippen LogP) is 2.42. The topological polar surface area (TPSA) is 97.9 Å². The summed E-state index contributed by atoms with van der Waals surface area (Å²) in [5.41, 5.74) is 1.44. The van der Waals surface area contributed by atoms with Crippen LogP contribution in [-0.4, -0.2) is 72.2 Å². The predicted molar refractivity (Wildman–Crippen MR) is 121 cm³/mol. The van der Waals surface area contributed by atoms with E-state index in [9.17, 15) is 13.2 Å². The molecule has 32 heavy (non-hydrogen) atoms. The fourth-order valence-corrected chi connectivity index (χ4v) is 6.01. The Kier molecular flexibility index (Phi) is 6.89. The van der Waals surface area contributed by atoms with Gasteiger partial charge in [0.05, 0.1) is 47.7 Å². The molecule has 0 saturated carbocycles. The molecule has 4 rings (SSSR count). The Morgan fingerprint density at radius 1 is 1.25 bits per heavy atom. The summed E-state index contributed by atoms with van der Waals surface area (Å²) in [5, 5.41) is 0.683. The molecule has 0 radical (unpaired) electrons. The molecule has 11 heteroatoms. The molecule has 1 aromatic carbocycles. The molecule has 9 nitrogen and oxygen atoms in total. The van der Waals surface area contributed by atoms with Crippen molar-refractivity contribution in [1.82, 2.24) is 18.8 Å². The third-order valence-corrected chi connectivity index (χ3v) is 8.19. The number of carbonyl (C=O) groups is 1. The van der Waals surface area contributed by atoms with Crippen molar-refractivity contribution in [3.63, 3.8) is 0 Å². The molecule has 3 heterocycles. The van der Waals surface area contributed by atoms with E-state index in [4.69, 9.17) is 9.15 Å². The van der Waals surface area contributed by atoms with Crippen LogP contribution in [0.2, 0.25) is 0 Å². The summed E-state index contributed by atoms with van der Waals surface area (Å²) in [5.74, 6) is 0.900. The summed E-state index contributed by atoms with van der Waals surface area (Å²) >= 11 is 1.34. The van der Waals surface area contributed by atoms with Gasteiger partial charge in [-0.2, -0.15) is 4.31 Å². The highest BCUT2D eigenvalue weighted by Gasteiger charge is 2.27. The number of hydrogen-bond acceptors (Lipinski definition) is 7. The molecule has 1 aliphatic rings. The standard InChI is InChI=1S/C21H26N4O5S2/c1-3-25-19-7-6-17(32(27,28)24-8-11-29-12-9-24)13-18(19)22-21(25)31-15-20(26)23(2)14-16-5-4-10-30-16/h4-7,10,13H,3,8-9,11-12,14-15H2,1-2H3. The van der Waals surface area contributed by atoms with Gasteiger partial charge in [-0.15, -0.1) is 0 Å². The van der Waals surface area contributed by atoms with E-state index in [1.54, 1.807) is 42.5 Å².